The van der Waals surface area contributed by atoms with Crippen LogP contribution in [0.3, 0.4) is 0 Å². The summed E-state index contributed by atoms with van der Waals surface area (Å²) in [5, 5.41) is 0. The smallest absolute Gasteiger partial charge is 0.0782 e. The molecule has 0 saturated heterocycles. The van der Waals surface area contributed by atoms with Crippen molar-refractivity contribution in [3.05, 3.63) is 0 Å². The fourth-order valence-corrected chi connectivity index (χ4v) is 6.06. The van der Waals surface area contributed by atoms with Crippen molar-refractivity contribution < 1.29 is 33.8 Å². The Hall–Kier alpha value is 0.500. The number of unbranched alkanes of at least 4 members (excludes halogenated alkanes) is 23. The van der Waals surface area contributed by atoms with Crippen molar-refractivity contribution in [1.29, 1.82) is 0 Å². The minimum atomic E-state index is 0. The fourth-order valence-electron chi connectivity index (χ4n) is 6.06. The molecule has 0 aliphatic rings. The van der Waals surface area contributed by atoms with E-state index in [-0.39, 0.29) is 24.8 Å². The van der Waals surface area contributed by atoms with E-state index in [4.69, 9.17) is 0 Å². The van der Waals surface area contributed by atoms with Crippen LogP contribution in [0.1, 0.15) is 181 Å². The van der Waals surface area contributed by atoms with E-state index >= 15 is 0 Å². The van der Waals surface area contributed by atoms with E-state index < -0.39 is 0 Å². The summed E-state index contributed by atoms with van der Waals surface area (Å²) >= 11 is 0. The van der Waals surface area contributed by atoms with Crippen molar-refractivity contribution in [2.24, 2.45) is 0 Å². The maximum Gasteiger partial charge on any atom is 0.0782 e. The third-order valence-electron chi connectivity index (χ3n) is 9.01. The summed E-state index contributed by atoms with van der Waals surface area (Å²) in [4.78, 5) is 0. The molecule has 2 nitrogen and oxygen atoms in total. The molecule has 4 heteroatoms. The maximum absolute atomic E-state index is 2.46. The molecule has 0 heterocycles. The van der Waals surface area contributed by atoms with Gasteiger partial charge in [-0.3, -0.25) is 0 Å². The quantitative estimate of drug-likeness (QED) is 0.0737. The highest BCUT2D eigenvalue weighted by Crippen LogP contribution is 2.15. The Labute approximate surface area is 268 Å². The molecule has 40 heavy (non-hydrogen) atoms. The zero-order chi connectivity index (χ0) is 28.2. The third-order valence-corrected chi connectivity index (χ3v) is 9.01. The average molecular weight is 610 g/mol. The summed E-state index contributed by atoms with van der Waals surface area (Å²) in [5.74, 6) is 0. The van der Waals surface area contributed by atoms with Gasteiger partial charge >= 0.3 is 0 Å². The van der Waals surface area contributed by atoms with Gasteiger partial charge < -0.3 is 33.8 Å². The first-order valence-corrected chi connectivity index (χ1v) is 18.0. The molecule has 0 atom stereocenters. The average Bonchev–Trinajstić information content (AvgIpc) is 2.87. The Morgan fingerprint density at radius 2 is 0.400 bits per heavy atom. The Balaban J connectivity index is -0.00000684. The van der Waals surface area contributed by atoms with Crippen LogP contribution in [0.2, 0.25) is 0 Å². The van der Waals surface area contributed by atoms with E-state index in [9.17, 15) is 0 Å². The van der Waals surface area contributed by atoms with Gasteiger partial charge in [-0.05, 0) is 51.4 Å². The zero-order valence-corrected chi connectivity index (χ0v) is 30.4. The maximum atomic E-state index is 2.46. The van der Waals surface area contributed by atoms with Gasteiger partial charge in [0.1, 0.15) is 0 Å². The molecular weight excluding hydrogens is 531 g/mol. The van der Waals surface area contributed by atoms with Crippen LogP contribution in [0, 0.1) is 0 Å². The Morgan fingerprint density at radius 1 is 0.250 bits per heavy atom. The van der Waals surface area contributed by atoms with E-state index in [1.165, 1.54) is 202 Å². The lowest BCUT2D eigenvalue weighted by atomic mass is 10.1. The molecule has 0 amide bonds. The standard InChI is InChI=1S/C36H78N2.2ClH/c1-7-9-11-13-15-17-19-21-25-29-33-37(3,4)35-31-27-23-24-28-32-36-38(5,6)34-30-26-22-20-18-16-14-12-10-8-2;;/h7-36H2,1-6H3;2*1H/q+2;;/p-2. The summed E-state index contributed by atoms with van der Waals surface area (Å²) in [6.45, 7) is 10.1. The van der Waals surface area contributed by atoms with Gasteiger partial charge in [-0.2, -0.15) is 0 Å². The van der Waals surface area contributed by atoms with Crippen molar-refractivity contribution in [3.63, 3.8) is 0 Å². The number of halogens is 2. The number of nitrogens with zero attached hydrogens (tertiary/aromatic N) is 2. The number of rotatable bonds is 31. The SMILES string of the molecule is CCCCCCCCCCCC[N+](C)(C)CCCCCCCC[N+](C)(C)CCCCCCCCCCCC.[Cl-].[Cl-]. The van der Waals surface area contributed by atoms with Crippen LogP contribution in [0.4, 0.5) is 0 Å². The van der Waals surface area contributed by atoms with Crippen molar-refractivity contribution in [2.75, 3.05) is 54.4 Å². The molecule has 0 unspecified atom stereocenters. The minimum absolute atomic E-state index is 0. The third kappa shape index (κ3) is 34.7. The molecular formula is C36H78Cl2N2. The van der Waals surface area contributed by atoms with Crippen LogP contribution in [0.15, 0.2) is 0 Å². The molecule has 0 aliphatic heterocycles. The van der Waals surface area contributed by atoms with Gasteiger partial charge in [-0.15, -0.1) is 0 Å². The predicted molar refractivity (Wildman–Crippen MR) is 175 cm³/mol. The Morgan fingerprint density at radius 3 is 0.575 bits per heavy atom. The Bertz CT molecular complexity index is 426. The van der Waals surface area contributed by atoms with Gasteiger partial charge in [0.25, 0.3) is 0 Å². The van der Waals surface area contributed by atoms with Crippen LogP contribution >= 0.6 is 0 Å². The second kappa shape index (κ2) is 32.4. The topological polar surface area (TPSA) is 0 Å². The van der Waals surface area contributed by atoms with Gasteiger partial charge in [0.2, 0.25) is 0 Å². The minimum Gasteiger partial charge on any atom is -1.00 e. The molecule has 0 rings (SSSR count). The number of hydrogen-bond donors (Lipinski definition) is 0. The first-order valence-electron chi connectivity index (χ1n) is 18.0. The zero-order valence-electron chi connectivity index (χ0n) is 28.9. The molecule has 0 bridgehead atoms. The molecule has 0 saturated carbocycles. The molecule has 0 N–H and O–H groups in total. The van der Waals surface area contributed by atoms with Gasteiger partial charge in [-0.25, -0.2) is 0 Å². The van der Waals surface area contributed by atoms with E-state index in [0.717, 1.165) is 0 Å². The lowest BCUT2D eigenvalue weighted by molar-refractivity contribution is -0.890. The monoisotopic (exact) mass is 609 g/mol. The van der Waals surface area contributed by atoms with Crippen molar-refractivity contribution in [3.8, 4) is 0 Å². The molecule has 0 fully saturated rings. The van der Waals surface area contributed by atoms with Crippen LogP contribution in [-0.2, 0) is 0 Å². The van der Waals surface area contributed by atoms with Crippen LogP contribution in [-0.4, -0.2) is 63.3 Å². The highest BCUT2D eigenvalue weighted by molar-refractivity contribution is 4.51. The molecule has 0 aromatic rings. The van der Waals surface area contributed by atoms with Gasteiger partial charge in [0.05, 0.1) is 54.4 Å². The normalized spacial score (nSPS) is 11.8. The lowest BCUT2D eigenvalue weighted by Gasteiger charge is -2.30. The van der Waals surface area contributed by atoms with Gasteiger partial charge in [-0.1, -0.05) is 129 Å². The molecule has 0 radical (unpaired) electrons. The number of hydrogen-bond acceptors (Lipinski definition) is 0. The van der Waals surface area contributed by atoms with E-state index in [2.05, 4.69) is 42.0 Å². The molecule has 0 spiro atoms. The summed E-state index contributed by atoms with van der Waals surface area (Å²) in [6.07, 6.45) is 37.6. The summed E-state index contributed by atoms with van der Waals surface area (Å²) < 4.78 is 2.48. The van der Waals surface area contributed by atoms with Crippen LogP contribution < -0.4 is 24.8 Å². The van der Waals surface area contributed by atoms with Crippen molar-refractivity contribution >= 4 is 0 Å². The summed E-state index contributed by atoms with van der Waals surface area (Å²) in [6, 6.07) is 0. The molecule has 246 valence electrons. The van der Waals surface area contributed by atoms with Gasteiger partial charge in [0.15, 0.2) is 0 Å². The van der Waals surface area contributed by atoms with Gasteiger partial charge in [0, 0.05) is 0 Å². The molecule has 0 aliphatic carbocycles. The summed E-state index contributed by atoms with van der Waals surface area (Å²) in [7, 11) is 9.84. The highest BCUT2D eigenvalue weighted by Gasteiger charge is 2.15. The fraction of sp³-hybridized carbons (Fsp3) is 1.00. The second-order valence-electron chi connectivity index (χ2n) is 14.3. The highest BCUT2D eigenvalue weighted by atomic mass is 35.5. The first kappa shape index (κ1) is 44.9. The Kier molecular flexibility index (Phi) is 36.4. The predicted octanol–water partition coefficient (Wildman–Crippen LogP) is 5.33. The van der Waals surface area contributed by atoms with Crippen LogP contribution in [0.5, 0.6) is 0 Å². The first-order chi connectivity index (χ1) is 18.3. The van der Waals surface area contributed by atoms with E-state index in [1.54, 1.807) is 0 Å². The van der Waals surface area contributed by atoms with E-state index in [1.807, 2.05) is 0 Å². The van der Waals surface area contributed by atoms with Crippen molar-refractivity contribution in [2.45, 2.75) is 181 Å². The second-order valence-corrected chi connectivity index (χ2v) is 14.3. The van der Waals surface area contributed by atoms with E-state index in [0.29, 0.717) is 0 Å². The molecule has 0 aromatic heterocycles. The lowest BCUT2D eigenvalue weighted by Crippen LogP contribution is -3.00. The van der Waals surface area contributed by atoms with Crippen LogP contribution in [0.25, 0.3) is 0 Å². The van der Waals surface area contributed by atoms with Crippen molar-refractivity contribution in [1.82, 2.24) is 0 Å². The number of quaternary nitrogens is 2. The summed E-state index contributed by atoms with van der Waals surface area (Å²) in [5.41, 5.74) is 0. The largest absolute Gasteiger partial charge is 1.00 e. The molecule has 0 aromatic carbocycles.